The molecule has 0 saturated carbocycles. The van der Waals surface area contributed by atoms with E-state index in [-0.39, 0.29) is 0 Å². The van der Waals surface area contributed by atoms with Crippen molar-refractivity contribution in [3.63, 3.8) is 0 Å². The summed E-state index contributed by atoms with van der Waals surface area (Å²) in [5.74, 6) is 0. The summed E-state index contributed by atoms with van der Waals surface area (Å²) in [6.07, 6.45) is 5.76. The molecule has 0 atom stereocenters. The highest BCUT2D eigenvalue weighted by atomic mass is 32.2. The summed E-state index contributed by atoms with van der Waals surface area (Å²) in [5, 5.41) is 5.63. The number of allylic oxidation sites excluding steroid dienone is 3. The number of nitrogens with two attached hydrogens (primary N) is 1. The molecule has 0 bridgehead atoms. The van der Waals surface area contributed by atoms with Crippen LogP contribution in [-0.2, 0) is 10.0 Å². The molecule has 0 radical (unpaired) electrons. The highest BCUT2D eigenvalue weighted by Crippen LogP contribution is 1.84. The Balaban J connectivity index is 3.91. The van der Waals surface area contributed by atoms with Gasteiger partial charge in [-0.05, 0) is 12.5 Å². The van der Waals surface area contributed by atoms with E-state index in [1.54, 1.807) is 6.08 Å². The van der Waals surface area contributed by atoms with E-state index in [4.69, 9.17) is 0 Å². The van der Waals surface area contributed by atoms with Crippen LogP contribution in [-0.4, -0.2) is 8.42 Å². The van der Waals surface area contributed by atoms with Crippen molar-refractivity contribution in [2.75, 3.05) is 0 Å². The largest absolute Gasteiger partial charge is 0.231 e. The molecule has 0 aromatic rings. The van der Waals surface area contributed by atoms with Crippen LogP contribution in [0.3, 0.4) is 0 Å². The number of primary sulfonamides is 1. The molecule has 0 unspecified atom stereocenters. The Labute approximate surface area is 61.3 Å². The summed E-state index contributed by atoms with van der Waals surface area (Å²) < 4.78 is 20.5. The third-order valence-corrected chi connectivity index (χ3v) is 1.29. The molecule has 0 saturated heterocycles. The van der Waals surface area contributed by atoms with Crippen LogP contribution in [0.2, 0.25) is 0 Å². The molecule has 0 heterocycles. The van der Waals surface area contributed by atoms with Gasteiger partial charge in [0.25, 0.3) is 0 Å². The van der Waals surface area contributed by atoms with Gasteiger partial charge in [-0.25, -0.2) is 13.6 Å². The summed E-state index contributed by atoms with van der Waals surface area (Å²) in [6.45, 7) is 1.96. The average Bonchev–Trinajstić information content (AvgIpc) is 1.78. The molecule has 0 fully saturated rings. The normalized spacial score (nSPS) is 13.4. The Bertz CT molecular complexity index is 226. The highest BCUT2D eigenvalue weighted by molar-refractivity contribution is 7.92. The van der Waals surface area contributed by atoms with E-state index in [1.165, 1.54) is 6.08 Å². The zero-order chi connectivity index (χ0) is 8.04. The van der Waals surface area contributed by atoms with E-state index in [9.17, 15) is 8.42 Å². The Morgan fingerprint density at radius 3 is 2.40 bits per heavy atom. The van der Waals surface area contributed by atoms with Crippen LogP contribution >= 0.6 is 0 Å². The van der Waals surface area contributed by atoms with Crippen molar-refractivity contribution >= 4 is 10.0 Å². The van der Waals surface area contributed by atoms with Gasteiger partial charge in [0.2, 0.25) is 10.0 Å². The lowest BCUT2D eigenvalue weighted by Gasteiger charge is -1.80. The van der Waals surface area contributed by atoms with E-state index >= 15 is 0 Å². The second-order valence-corrected chi connectivity index (χ2v) is 3.20. The van der Waals surface area contributed by atoms with Crippen LogP contribution in [0.5, 0.6) is 0 Å². The van der Waals surface area contributed by atoms with E-state index in [0.29, 0.717) is 0 Å². The van der Waals surface area contributed by atoms with Gasteiger partial charge >= 0.3 is 0 Å². The van der Waals surface area contributed by atoms with Crippen LogP contribution in [0.25, 0.3) is 0 Å². The van der Waals surface area contributed by atoms with Gasteiger partial charge in [0, 0.05) is 5.41 Å². The lowest BCUT2D eigenvalue weighted by atomic mass is 10.4. The maximum absolute atomic E-state index is 10.3. The van der Waals surface area contributed by atoms with Gasteiger partial charge in [-0.3, -0.25) is 0 Å². The van der Waals surface area contributed by atoms with Crippen molar-refractivity contribution in [2.24, 2.45) is 5.14 Å². The number of sulfonamides is 1. The molecule has 0 aromatic carbocycles. The minimum atomic E-state index is -3.44. The molecular weight excluding hydrogens is 150 g/mol. The Morgan fingerprint density at radius 2 is 2.00 bits per heavy atom. The number of hydrogen-bond donors (Lipinski definition) is 1. The third-order valence-electron chi connectivity index (χ3n) is 0.751. The first kappa shape index (κ1) is 9.39. The quantitative estimate of drug-likeness (QED) is 0.621. The van der Waals surface area contributed by atoms with E-state index in [2.05, 4.69) is 5.14 Å². The van der Waals surface area contributed by atoms with E-state index in [0.717, 1.165) is 11.8 Å². The third kappa shape index (κ3) is 7.39. The maximum atomic E-state index is 10.3. The monoisotopic (exact) mass is 161 g/mol. The molecule has 0 rings (SSSR count). The topological polar surface area (TPSA) is 60.2 Å². The van der Waals surface area contributed by atoms with Crippen LogP contribution in [0.15, 0.2) is 23.6 Å². The Hall–Kier alpha value is -0.610. The van der Waals surface area contributed by atoms with Gasteiger partial charge in [0.1, 0.15) is 0 Å². The minimum absolute atomic E-state index is 0.884. The van der Waals surface area contributed by atoms with Gasteiger partial charge in [0.05, 0.1) is 0 Å². The number of hydrogen-bond acceptors (Lipinski definition) is 2. The van der Waals surface area contributed by atoms with E-state index in [1.807, 2.05) is 13.0 Å². The zero-order valence-corrected chi connectivity index (χ0v) is 6.64. The molecule has 3 nitrogen and oxygen atoms in total. The molecule has 0 amide bonds. The molecule has 2 N–H and O–H groups in total. The van der Waals surface area contributed by atoms with Gasteiger partial charge < -0.3 is 0 Å². The van der Waals surface area contributed by atoms with Crippen molar-refractivity contribution < 1.29 is 8.42 Å². The molecule has 0 aliphatic carbocycles. The van der Waals surface area contributed by atoms with Crippen LogP contribution in [0.1, 0.15) is 13.3 Å². The lowest BCUT2D eigenvalue weighted by molar-refractivity contribution is 0.606. The van der Waals surface area contributed by atoms with Crippen LogP contribution in [0, 0.1) is 0 Å². The van der Waals surface area contributed by atoms with Gasteiger partial charge in [0.15, 0.2) is 0 Å². The average molecular weight is 161 g/mol. The van der Waals surface area contributed by atoms with Crippen molar-refractivity contribution in [2.45, 2.75) is 13.3 Å². The molecular formula is C6H11NO2S. The molecule has 10 heavy (non-hydrogen) atoms. The molecule has 0 aliphatic heterocycles. The van der Waals surface area contributed by atoms with E-state index < -0.39 is 10.0 Å². The molecule has 0 aliphatic rings. The van der Waals surface area contributed by atoms with Gasteiger partial charge in [-0.15, -0.1) is 0 Å². The first-order valence-electron chi connectivity index (χ1n) is 2.92. The molecule has 58 valence electrons. The minimum Gasteiger partial charge on any atom is -0.225 e. The standard InChI is InChI=1S/C6H11NO2S/c1-2-3-4-5-6-10(7,8)9/h3-6H,2H2,1H3,(H2,7,8,9). The summed E-state index contributed by atoms with van der Waals surface area (Å²) in [6, 6.07) is 0. The van der Waals surface area contributed by atoms with Gasteiger partial charge in [-0.2, -0.15) is 0 Å². The van der Waals surface area contributed by atoms with Gasteiger partial charge in [-0.1, -0.05) is 19.1 Å². The predicted octanol–water partition coefficient (Wildman–Crippen LogP) is 0.755. The Kier molecular flexibility index (Phi) is 3.99. The Morgan fingerprint density at radius 1 is 1.40 bits per heavy atom. The fraction of sp³-hybridized carbons (Fsp3) is 0.333. The fourth-order valence-corrected chi connectivity index (χ4v) is 0.679. The van der Waals surface area contributed by atoms with Crippen molar-refractivity contribution in [3.8, 4) is 0 Å². The smallest absolute Gasteiger partial charge is 0.225 e. The zero-order valence-electron chi connectivity index (χ0n) is 5.82. The summed E-state index contributed by atoms with van der Waals surface area (Å²) in [4.78, 5) is 0. The fourth-order valence-electron chi connectivity index (χ4n) is 0.370. The highest BCUT2D eigenvalue weighted by Gasteiger charge is 1.88. The van der Waals surface area contributed by atoms with Crippen molar-refractivity contribution in [1.82, 2.24) is 0 Å². The SMILES string of the molecule is CCC=CC=CS(N)(=O)=O. The second-order valence-electron chi connectivity index (χ2n) is 1.75. The second kappa shape index (κ2) is 4.24. The van der Waals surface area contributed by atoms with Crippen LogP contribution in [0.4, 0.5) is 0 Å². The summed E-state index contributed by atoms with van der Waals surface area (Å²) >= 11 is 0. The molecule has 0 aromatic heterocycles. The summed E-state index contributed by atoms with van der Waals surface area (Å²) in [7, 11) is -3.44. The van der Waals surface area contributed by atoms with Crippen molar-refractivity contribution in [3.05, 3.63) is 23.6 Å². The maximum Gasteiger partial charge on any atom is 0.231 e. The molecule has 4 heteroatoms. The first-order chi connectivity index (χ1) is 4.56. The lowest BCUT2D eigenvalue weighted by Crippen LogP contribution is -2.06. The first-order valence-corrected chi connectivity index (χ1v) is 4.53. The molecule has 0 spiro atoms. The van der Waals surface area contributed by atoms with Crippen LogP contribution < -0.4 is 5.14 Å². The number of rotatable bonds is 3. The predicted molar refractivity (Wildman–Crippen MR) is 41.7 cm³/mol. The summed E-state index contributed by atoms with van der Waals surface area (Å²) in [5.41, 5.74) is 0. The van der Waals surface area contributed by atoms with Crippen molar-refractivity contribution in [1.29, 1.82) is 0 Å².